The van der Waals surface area contributed by atoms with Crippen LogP contribution in [0.4, 0.5) is 0 Å². The van der Waals surface area contributed by atoms with Gasteiger partial charge in [-0.3, -0.25) is 14.6 Å². The number of amides is 2. The number of nitrogens with one attached hydrogen (secondary N) is 2. The van der Waals surface area contributed by atoms with Crippen LogP contribution >= 0.6 is 0 Å². The summed E-state index contributed by atoms with van der Waals surface area (Å²) in [7, 11) is 0. The molecule has 1 heterocycles. The minimum atomic E-state index is -0.777. The van der Waals surface area contributed by atoms with E-state index in [1.807, 2.05) is 48.5 Å². The number of hydrogen-bond donors (Lipinski definition) is 2. The van der Waals surface area contributed by atoms with E-state index in [-0.39, 0.29) is 11.8 Å². The lowest BCUT2D eigenvalue weighted by atomic mass is 10.1. The second-order valence-electron chi connectivity index (χ2n) is 5.76. The van der Waals surface area contributed by atoms with Gasteiger partial charge in [0.15, 0.2) is 0 Å². The predicted molar refractivity (Wildman–Crippen MR) is 99.2 cm³/mol. The monoisotopic (exact) mass is 345 g/mol. The molecule has 0 saturated heterocycles. The van der Waals surface area contributed by atoms with Gasteiger partial charge in [-0.2, -0.15) is 0 Å². The Labute approximate surface area is 152 Å². The van der Waals surface area contributed by atoms with Crippen molar-refractivity contribution in [3.05, 3.63) is 102 Å². The smallest absolute Gasteiger partial charge is 0.252 e. The molecule has 0 fully saturated rings. The van der Waals surface area contributed by atoms with Crippen molar-refractivity contribution >= 4 is 11.8 Å². The van der Waals surface area contributed by atoms with Crippen LogP contribution in [-0.4, -0.2) is 16.8 Å². The van der Waals surface area contributed by atoms with Crippen molar-refractivity contribution in [1.82, 2.24) is 15.6 Å². The Kier molecular flexibility index (Phi) is 5.72. The summed E-state index contributed by atoms with van der Waals surface area (Å²) < 4.78 is 0. The van der Waals surface area contributed by atoms with Gasteiger partial charge in [-0.25, -0.2) is 0 Å². The van der Waals surface area contributed by atoms with Crippen molar-refractivity contribution in [1.29, 1.82) is 0 Å². The van der Waals surface area contributed by atoms with Gasteiger partial charge < -0.3 is 10.6 Å². The first-order valence-corrected chi connectivity index (χ1v) is 8.31. The zero-order valence-corrected chi connectivity index (χ0v) is 14.1. The minimum Gasteiger partial charge on any atom is -0.350 e. The maximum atomic E-state index is 12.7. The van der Waals surface area contributed by atoms with Crippen molar-refractivity contribution < 1.29 is 9.59 Å². The van der Waals surface area contributed by atoms with Gasteiger partial charge in [0.1, 0.15) is 6.04 Å². The van der Waals surface area contributed by atoms with Crippen molar-refractivity contribution in [3.63, 3.8) is 0 Å². The summed E-state index contributed by atoms with van der Waals surface area (Å²) in [5, 5.41) is 5.68. The molecule has 0 saturated carbocycles. The van der Waals surface area contributed by atoms with Gasteiger partial charge in [0, 0.05) is 24.5 Å². The maximum absolute atomic E-state index is 12.7. The third-order valence-corrected chi connectivity index (χ3v) is 3.90. The molecular formula is C21H19N3O2. The fourth-order valence-corrected chi connectivity index (χ4v) is 2.54. The van der Waals surface area contributed by atoms with Crippen LogP contribution in [0, 0.1) is 0 Å². The van der Waals surface area contributed by atoms with Gasteiger partial charge in [-0.1, -0.05) is 54.6 Å². The lowest BCUT2D eigenvalue weighted by molar-refractivity contribution is -0.123. The van der Waals surface area contributed by atoms with Gasteiger partial charge in [0.25, 0.3) is 5.91 Å². The molecule has 0 aliphatic carbocycles. The van der Waals surface area contributed by atoms with E-state index in [0.29, 0.717) is 12.1 Å². The summed E-state index contributed by atoms with van der Waals surface area (Å²) in [6.45, 7) is 0.344. The quantitative estimate of drug-likeness (QED) is 0.722. The standard InChI is InChI=1S/C21H19N3O2/c25-20(18-11-5-2-6-12-18)24-19(17-9-3-1-4-10-17)21(26)23-15-16-8-7-13-22-14-16/h1-14,19H,15H2,(H,23,26)(H,24,25). The maximum Gasteiger partial charge on any atom is 0.252 e. The highest BCUT2D eigenvalue weighted by Crippen LogP contribution is 2.14. The van der Waals surface area contributed by atoms with Crippen LogP contribution in [0.25, 0.3) is 0 Å². The van der Waals surface area contributed by atoms with Gasteiger partial charge >= 0.3 is 0 Å². The van der Waals surface area contributed by atoms with E-state index >= 15 is 0 Å². The number of nitrogens with zero attached hydrogens (tertiary/aromatic N) is 1. The number of benzene rings is 2. The molecule has 3 aromatic rings. The summed E-state index contributed by atoms with van der Waals surface area (Å²) in [5.41, 5.74) is 2.12. The summed E-state index contributed by atoms with van der Waals surface area (Å²) in [6.07, 6.45) is 3.37. The molecule has 5 heteroatoms. The lowest BCUT2D eigenvalue weighted by Gasteiger charge is -2.19. The van der Waals surface area contributed by atoms with E-state index in [9.17, 15) is 9.59 Å². The molecule has 0 aliphatic heterocycles. The van der Waals surface area contributed by atoms with E-state index in [2.05, 4.69) is 15.6 Å². The Bertz CT molecular complexity index is 852. The van der Waals surface area contributed by atoms with Crippen LogP contribution in [0.15, 0.2) is 85.2 Å². The average Bonchev–Trinajstić information content (AvgIpc) is 2.72. The van der Waals surface area contributed by atoms with E-state index in [1.165, 1.54) is 0 Å². The zero-order chi connectivity index (χ0) is 18.2. The third kappa shape index (κ3) is 4.54. The first kappa shape index (κ1) is 17.4. The van der Waals surface area contributed by atoms with Crippen LogP contribution in [0.5, 0.6) is 0 Å². The SMILES string of the molecule is O=C(NC(C(=O)NCc1cccnc1)c1ccccc1)c1ccccc1. The largest absolute Gasteiger partial charge is 0.350 e. The molecule has 0 bridgehead atoms. The number of carbonyl (C=O) groups excluding carboxylic acids is 2. The number of hydrogen-bond acceptors (Lipinski definition) is 3. The Morgan fingerprint density at radius 1 is 0.885 bits per heavy atom. The number of carbonyl (C=O) groups is 2. The lowest BCUT2D eigenvalue weighted by Crippen LogP contribution is -2.40. The number of aromatic nitrogens is 1. The first-order chi connectivity index (χ1) is 12.7. The average molecular weight is 345 g/mol. The zero-order valence-electron chi connectivity index (χ0n) is 14.1. The molecule has 1 aromatic heterocycles. The molecule has 1 unspecified atom stereocenters. The highest BCUT2D eigenvalue weighted by molar-refractivity contribution is 5.97. The van der Waals surface area contributed by atoms with Gasteiger partial charge in [-0.15, -0.1) is 0 Å². The highest BCUT2D eigenvalue weighted by Gasteiger charge is 2.23. The molecule has 2 N–H and O–H groups in total. The third-order valence-electron chi connectivity index (χ3n) is 3.90. The molecule has 2 aromatic carbocycles. The Balaban J connectivity index is 1.75. The van der Waals surface area contributed by atoms with Crippen molar-refractivity contribution in [2.24, 2.45) is 0 Å². The van der Waals surface area contributed by atoms with Crippen LogP contribution in [-0.2, 0) is 11.3 Å². The Morgan fingerprint density at radius 3 is 2.23 bits per heavy atom. The summed E-state index contributed by atoms with van der Waals surface area (Å²) in [5.74, 6) is -0.569. The van der Waals surface area contributed by atoms with E-state index in [0.717, 1.165) is 11.1 Å². The molecule has 0 radical (unpaired) electrons. The van der Waals surface area contributed by atoms with Crippen LogP contribution in [0.1, 0.15) is 27.5 Å². The number of rotatable bonds is 6. The first-order valence-electron chi connectivity index (χ1n) is 8.31. The molecule has 5 nitrogen and oxygen atoms in total. The normalized spacial score (nSPS) is 11.4. The molecule has 3 rings (SSSR count). The molecule has 130 valence electrons. The predicted octanol–water partition coefficient (Wildman–Crippen LogP) is 2.87. The van der Waals surface area contributed by atoms with Crippen molar-refractivity contribution in [2.45, 2.75) is 12.6 Å². The molecule has 0 spiro atoms. The fraction of sp³-hybridized carbons (Fsp3) is 0.0952. The fourth-order valence-electron chi connectivity index (χ4n) is 2.54. The molecular weight excluding hydrogens is 326 g/mol. The van der Waals surface area contributed by atoms with E-state index in [4.69, 9.17) is 0 Å². The van der Waals surface area contributed by atoms with Crippen LogP contribution < -0.4 is 10.6 Å². The molecule has 0 aliphatic rings. The van der Waals surface area contributed by atoms with E-state index < -0.39 is 6.04 Å². The molecule has 26 heavy (non-hydrogen) atoms. The summed E-state index contributed by atoms with van der Waals surface area (Å²) in [6, 6.07) is 20.9. The molecule has 1 atom stereocenters. The van der Waals surface area contributed by atoms with Crippen LogP contribution in [0.2, 0.25) is 0 Å². The highest BCUT2D eigenvalue weighted by atomic mass is 16.2. The Morgan fingerprint density at radius 2 is 1.58 bits per heavy atom. The van der Waals surface area contributed by atoms with E-state index in [1.54, 1.807) is 36.7 Å². The van der Waals surface area contributed by atoms with Gasteiger partial charge in [0.2, 0.25) is 5.91 Å². The topological polar surface area (TPSA) is 71.1 Å². The van der Waals surface area contributed by atoms with Gasteiger partial charge in [0.05, 0.1) is 0 Å². The second kappa shape index (κ2) is 8.58. The summed E-state index contributed by atoms with van der Waals surface area (Å²) in [4.78, 5) is 29.3. The van der Waals surface area contributed by atoms with Crippen molar-refractivity contribution in [3.8, 4) is 0 Å². The Hall–Kier alpha value is -3.47. The minimum absolute atomic E-state index is 0.274. The van der Waals surface area contributed by atoms with Gasteiger partial charge in [-0.05, 0) is 29.3 Å². The van der Waals surface area contributed by atoms with Crippen LogP contribution in [0.3, 0.4) is 0 Å². The van der Waals surface area contributed by atoms with Crippen molar-refractivity contribution in [2.75, 3.05) is 0 Å². The summed E-state index contributed by atoms with van der Waals surface area (Å²) >= 11 is 0. The second-order valence-corrected chi connectivity index (χ2v) is 5.76. The molecule has 2 amide bonds. The number of pyridine rings is 1.